The highest BCUT2D eigenvalue weighted by Gasteiger charge is 2.39. The lowest BCUT2D eigenvalue weighted by atomic mass is 9.97. The first-order valence-electron chi connectivity index (χ1n) is 7.95. The standard InChI is InChI=1S/C17H21N3O2S/c1-10-3-4-14(22-2)15-12(10)7-11-5-6-20(16(11)19-15)17(21)13-8-23-9-18-13/h3-4,7,13,16,18-19H,5-6,8-9H2,1-2H3. The van der Waals surface area contributed by atoms with Crippen molar-refractivity contribution in [1.29, 1.82) is 0 Å². The third-order valence-corrected chi connectivity index (χ3v) is 5.80. The zero-order valence-electron chi connectivity index (χ0n) is 13.4. The van der Waals surface area contributed by atoms with E-state index in [0.717, 1.165) is 36.0 Å². The smallest absolute Gasteiger partial charge is 0.242 e. The number of aryl methyl sites for hydroxylation is 1. The highest BCUT2D eigenvalue weighted by atomic mass is 32.2. The molecule has 3 heterocycles. The van der Waals surface area contributed by atoms with Crippen molar-refractivity contribution in [3.05, 3.63) is 28.8 Å². The minimum atomic E-state index is -0.0537. The van der Waals surface area contributed by atoms with Crippen LogP contribution in [0.5, 0.6) is 5.75 Å². The topological polar surface area (TPSA) is 53.6 Å². The highest BCUT2D eigenvalue weighted by Crippen LogP contribution is 2.41. The Morgan fingerprint density at radius 1 is 1.43 bits per heavy atom. The minimum Gasteiger partial charge on any atom is -0.495 e. The number of nitrogens with one attached hydrogen (secondary N) is 2. The molecule has 2 N–H and O–H groups in total. The Morgan fingerprint density at radius 2 is 2.30 bits per heavy atom. The fourth-order valence-corrected chi connectivity index (χ4v) is 4.49. The second-order valence-corrected chi connectivity index (χ2v) is 7.22. The Labute approximate surface area is 140 Å². The molecule has 1 aromatic carbocycles. The summed E-state index contributed by atoms with van der Waals surface area (Å²) in [5, 5.41) is 6.83. The molecule has 6 heteroatoms. The van der Waals surface area contributed by atoms with Gasteiger partial charge in [0.1, 0.15) is 11.9 Å². The molecule has 3 aliphatic rings. The molecule has 2 fully saturated rings. The Morgan fingerprint density at radius 3 is 3.04 bits per heavy atom. The van der Waals surface area contributed by atoms with Crippen LogP contribution in [0.15, 0.2) is 17.7 Å². The van der Waals surface area contributed by atoms with Crippen molar-refractivity contribution in [2.75, 3.05) is 30.6 Å². The molecule has 2 atom stereocenters. The summed E-state index contributed by atoms with van der Waals surface area (Å²) < 4.78 is 5.50. The van der Waals surface area contributed by atoms with E-state index in [1.807, 2.05) is 11.0 Å². The van der Waals surface area contributed by atoms with Crippen molar-refractivity contribution in [1.82, 2.24) is 10.2 Å². The van der Waals surface area contributed by atoms with E-state index in [4.69, 9.17) is 4.74 Å². The van der Waals surface area contributed by atoms with Crippen LogP contribution in [0.1, 0.15) is 17.5 Å². The number of nitrogens with zero attached hydrogens (tertiary/aromatic N) is 1. The maximum absolute atomic E-state index is 12.8. The lowest BCUT2D eigenvalue weighted by molar-refractivity contribution is -0.132. The van der Waals surface area contributed by atoms with Gasteiger partial charge in [-0.1, -0.05) is 6.07 Å². The van der Waals surface area contributed by atoms with Crippen LogP contribution in [0.3, 0.4) is 0 Å². The van der Waals surface area contributed by atoms with Crippen LogP contribution in [0, 0.1) is 6.92 Å². The average molecular weight is 331 g/mol. The zero-order valence-corrected chi connectivity index (χ0v) is 14.2. The number of hydrogen-bond acceptors (Lipinski definition) is 5. The Hall–Kier alpha value is -1.66. The molecule has 2 unspecified atom stereocenters. The van der Waals surface area contributed by atoms with E-state index in [-0.39, 0.29) is 18.1 Å². The molecule has 2 saturated heterocycles. The van der Waals surface area contributed by atoms with E-state index >= 15 is 0 Å². The lowest BCUT2D eigenvalue weighted by Gasteiger charge is -2.33. The first-order chi connectivity index (χ1) is 11.2. The Bertz CT molecular complexity index is 683. The third kappa shape index (κ3) is 2.40. The zero-order chi connectivity index (χ0) is 16.0. The van der Waals surface area contributed by atoms with Gasteiger partial charge < -0.3 is 15.0 Å². The number of carbonyl (C=O) groups is 1. The summed E-state index contributed by atoms with van der Waals surface area (Å²) in [6.07, 6.45) is 3.12. The van der Waals surface area contributed by atoms with E-state index in [0.29, 0.717) is 0 Å². The SMILES string of the molecule is COc1ccc(C)c2c1NC1C(=C2)CCN1C(=O)C1CSCN1. The molecule has 0 spiro atoms. The normalized spacial score (nSPS) is 25.5. The molecule has 0 aromatic heterocycles. The molecule has 1 amide bonds. The van der Waals surface area contributed by atoms with Crippen LogP contribution in [0.25, 0.3) is 6.08 Å². The molecule has 1 aromatic rings. The van der Waals surface area contributed by atoms with Gasteiger partial charge in [0.2, 0.25) is 5.91 Å². The van der Waals surface area contributed by atoms with Gasteiger partial charge >= 0.3 is 0 Å². The highest BCUT2D eigenvalue weighted by molar-refractivity contribution is 7.99. The second-order valence-electron chi connectivity index (χ2n) is 6.19. The quantitative estimate of drug-likeness (QED) is 0.868. The summed E-state index contributed by atoms with van der Waals surface area (Å²) >= 11 is 1.78. The summed E-state index contributed by atoms with van der Waals surface area (Å²) in [7, 11) is 1.68. The first-order valence-corrected chi connectivity index (χ1v) is 9.10. The first kappa shape index (κ1) is 14.9. The molecule has 5 nitrogen and oxygen atoms in total. The van der Waals surface area contributed by atoms with Crippen LogP contribution in [-0.4, -0.2) is 48.3 Å². The van der Waals surface area contributed by atoms with Gasteiger partial charge in [-0.15, -0.1) is 11.8 Å². The molecule has 23 heavy (non-hydrogen) atoms. The molecule has 0 aliphatic carbocycles. The second kappa shape index (κ2) is 5.76. The summed E-state index contributed by atoms with van der Waals surface area (Å²) in [5.74, 6) is 2.75. The monoisotopic (exact) mass is 331 g/mol. The van der Waals surface area contributed by atoms with Crippen LogP contribution in [-0.2, 0) is 4.79 Å². The number of amides is 1. The van der Waals surface area contributed by atoms with Crippen molar-refractivity contribution < 1.29 is 9.53 Å². The Balaban J connectivity index is 1.66. The molecular weight excluding hydrogens is 310 g/mol. The maximum atomic E-state index is 12.8. The van der Waals surface area contributed by atoms with Crippen molar-refractivity contribution >= 4 is 29.4 Å². The van der Waals surface area contributed by atoms with Gasteiger partial charge in [0.05, 0.1) is 18.8 Å². The molecule has 0 bridgehead atoms. The number of benzene rings is 1. The number of likely N-dealkylation sites (tertiary alicyclic amines) is 1. The fourth-order valence-electron chi connectivity index (χ4n) is 3.56. The predicted octanol–water partition coefficient (Wildman–Crippen LogP) is 2.03. The van der Waals surface area contributed by atoms with E-state index in [2.05, 4.69) is 29.7 Å². The van der Waals surface area contributed by atoms with Crippen molar-refractivity contribution in [2.45, 2.75) is 25.6 Å². The van der Waals surface area contributed by atoms with Gasteiger partial charge in [0, 0.05) is 23.7 Å². The largest absolute Gasteiger partial charge is 0.495 e. The number of thioether (sulfide) groups is 1. The molecule has 0 radical (unpaired) electrons. The summed E-state index contributed by atoms with van der Waals surface area (Å²) in [6, 6.07) is 4.01. The van der Waals surface area contributed by atoms with Gasteiger partial charge in [0.25, 0.3) is 0 Å². The number of methoxy groups -OCH3 is 1. The van der Waals surface area contributed by atoms with Gasteiger partial charge in [0.15, 0.2) is 0 Å². The van der Waals surface area contributed by atoms with Gasteiger partial charge in [-0.2, -0.15) is 0 Å². The van der Waals surface area contributed by atoms with Crippen molar-refractivity contribution in [2.24, 2.45) is 0 Å². The maximum Gasteiger partial charge on any atom is 0.242 e. The van der Waals surface area contributed by atoms with Crippen LogP contribution < -0.4 is 15.4 Å². The summed E-state index contributed by atoms with van der Waals surface area (Å²) in [5.41, 5.74) is 4.68. The summed E-state index contributed by atoms with van der Waals surface area (Å²) in [4.78, 5) is 14.8. The van der Waals surface area contributed by atoms with Crippen LogP contribution in [0.4, 0.5) is 5.69 Å². The van der Waals surface area contributed by atoms with Crippen LogP contribution >= 0.6 is 11.8 Å². The number of anilines is 1. The van der Waals surface area contributed by atoms with Gasteiger partial charge in [-0.25, -0.2) is 0 Å². The van der Waals surface area contributed by atoms with Gasteiger partial charge in [-0.05, 0) is 36.6 Å². The number of ether oxygens (including phenoxy) is 1. The molecule has 0 saturated carbocycles. The molecule has 122 valence electrons. The van der Waals surface area contributed by atoms with E-state index in [1.54, 1.807) is 18.9 Å². The number of hydrogen-bond donors (Lipinski definition) is 2. The molecular formula is C17H21N3O2S. The number of carbonyl (C=O) groups excluding carboxylic acids is 1. The Kier molecular flexibility index (Phi) is 3.73. The van der Waals surface area contributed by atoms with Crippen molar-refractivity contribution in [3.8, 4) is 5.75 Å². The molecule has 4 rings (SSSR count). The minimum absolute atomic E-state index is 0.0434. The average Bonchev–Trinajstić information content (AvgIpc) is 3.23. The van der Waals surface area contributed by atoms with Crippen molar-refractivity contribution in [3.63, 3.8) is 0 Å². The lowest BCUT2D eigenvalue weighted by Crippen LogP contribution is -2.50. The van der Waals surface area contributed by atoms with Gasteiger partial charge in [-0.3, -0.25) is 10.1 Å². The van der Waals surface area contributed by atoms with E-state index < -0.39 is 0 Å². The van der Waals surface area contributed by atoms with Crippen LogP contribution in [0.2, 0.25) is 0 Å². The predicted molar refractivity (Wildman–Crippen MR) is 93.7 cm³/mol. The van der Waals surface area contributed by atoms with E-state index in [1.165, 1.54) is 16.7 Å². The van der Waals surface area contributed by atoms with E-state index in [9.17, 15) is 4.79 Å². The third-order valence-electron chi connectivity index (χ3n) is 4.86. The summed E-state index contributed by atoms with van der Waals surface area (Å²) in [6.45, 7) is 2.88. The number of rotatable bonds is 2. The molecule has 3 aliphatic heterocycles. The number of fused-ring (bicyclic) bond motifs is 2. The fraction of sp³-hybridized carbons (Fsp3) is 0.471.